The number of allylic oxidation sites excluding steroid dienone is 10. The Morgan fingerprint density at radius 2 is 1.02 bits per heavy atom. The summed E-state index contributed by atoms with van der Waals surface area (Å²) in [6.45, 7) is 4.57. The molecule has 0 aliphatic carbocycles. The summed E-state index contributed by atoms with van der Waals surface area (Å²) >= 11 is 0. The normalized spacial score (nSPS) is 13.5. The molecule has 0 aromatic rings. The number of hydrogen-bond acceptors (Lipinski definition) is 6. The predicted molar refractivity (Wildman–Crippen MR) is 229 cm³/mol. The number of ether oxygens (including phenoxy) is 3. The highest BCUT2D eigenvalue weighted by atomic mass is 16.6. The van der Waals surface area contributed by atoms with Crippen molar-refractivity contribution in [2.75, 3.05) is 41.0 Å². The first kappa shape index (κ1) is 52.0. The van der Waals surface area contributed by atoms with Gasteiger partial charge in [0.15, 0.2) is 12.1 Å². The van der Waals surface area contributed by atoms with E-state index in [1.165, 1.54) is 44.9 Å². The summed E-state index contributed by atoms with van der Waals surface area (Å²) in [4.78, 5) is 36.9. The number of hydrogen-bond donors (Lipinski definition) is 1. The van der Waals surface area contributed by atoms with Gasteiger partial charge in [0.1, 0.15) is 6.61 Å². The summed E-state index contributed by atoms with van der Waals surface area (Å²) in [5.74, 6) is -1.51. The quantitative estimate of drug-likeness (QED) is 0.0289. The number of esters is 2. The molecule has 0 saturated heterocycles. The molecule has 8 nitrogen and oxygen atoms in total. The molecule has 8 heteroatoms. The van der Waals surface area contributed by atoms with Gasteiger partial charge in [0.05, 0.1) is 34.4 Å². The largest absolute Gasteiger partial charge is 0.477 e. The lowest BCUT2D eigenvalue weighted by Gasteiger charge is -2.31. The van der Waals surface area contributed by atoms with Crippen LogP contribution in [0.25, 0.3) is 0 Å². The number of carboxylic acids is 1. The SMILES string of the molecule is CC/C=C\C/C=C\C/C=C\C/C=C\CCCCCCC(=O)OC(COCCC(C(=O)O)[N+](C)(C)C)COC(=O)CCCCCCC/C=C\CCCCCCC. The van der Waals surface area contributed by atoms with Crippen molar-refractivity contribution in [3.8, 4) is 0 Å². The molecule has 0 aromatic heterocycles. The van der Waals surface area contributed by atoms with Crippen molar-refractivity contribution in [3.63, 3.8) is 0 Å². The van der Waals surface area contributed by atoms with E-state index in [-0.39, 0.29) is 36.2 Å². The summed E-state index contributed by atoms with van der Waals surface area (Å²) in [7, 11) is 5.51. The van der Waals surface area contributed by atoms with Gasteiger partial charge < -0.3 is 23.8 Å². The van der Waals surface area contributed by atoms with E-state index in [9.17, 15) is 19.5 Å². The van der Waals surface area contributed by atoms with Gasteiger partial charge in [0.2, 0.25) is 0 Å². The molecule has 0 amide bonds. The molecule has 0 bridgehead atoms. The molecule has 0 radical (unpaired) electrons. The Morgan fingerprint density at radius 1 is 0.564 bits per heavy atom. The number of aliphatic carboxylic acids is 1. The minimum absolute atomic E-state index is 0.0463. The highest BCUT2D eigenvalue weighted by Gasteiger charge is 2.31. The lowest BCUT2D eigenvalue weighted by Crippen LogP contribution is -2.50. The zero-order valence-electron chi connectivity index (χ0n) is 35.9. The Bertz CT molecular complexity index is 1090. The summed E-state index contributed by atoms with van der Waals surface area (Å²) in [5, 5.41) is 9.61. The van der Waals surface area contributed by atoms with Crippen LogP contribution in [0, 0.1) is 0 Å². The van der Waals surface area contributed by atoms with Gasteiger partial charge >= 0.3 is 17.9 Å². The van der Waals surface area contributed by atoms with Crippen LogP contribution in [-0.2, 0) is 28.6 Å². The van der Waals surface area contributed by atoms with Crippen molar-refractivity contribution in [3.05, 3.63) is 60.8 Å². The molecule has 0 fully saturated rings. The second kappa shape index (κ2) is 37.9. The number of nitrogens with zero attached hydrogens (tertiary/aromatic N) is 1. The maximum atomic E-state index is 12.7. The number of quaternary nitrogens is 1. The molecule has 0 spiro atoms. The van der Waals surface area contributed by atoms with E-state index in [2.05, 4.69) is 74.6 Å². The third-order valence-corrected chi connectivity index (χ3v) is 9.40. The molecule has 0 saturated carbocycles. The van der Waals surface area contributed by atoms with Gasteiger partial charge in [-0.05, 0) is 77.0 Å². The minimum Gasteiger partial charge on any atom is -0.477 e. The number of carboxylic acid groups (broad SMARTS) is 1. The number of unbranched alkanes of at least 4 members (excludes halogenated alkanes) is 14. The van der Waals surface area contributed by atoms with Crippen molar-refractivity contribution < 1.29 is 38.2 Å². The van der Waals surface area contributed by atoms with Crippen LogP contribution in [0.4, 0.5) is 0 Å². The van der Waals surface area contributed by atoms with E-state index in [1.54, 1.807) is 0 Å². The standard InChI is InChI=1S/C47H81NO7/c1-6-8-10-12-14-16-18-20-22-23-24-26-28-30-32-34-36-38-46(50)55-43(41-53-40-39-44(47(51)52)48(3,4)5)42-54-45(49)37-35-33-31-29-27-25-21-19-17-15-13-11-9-7-2/h8,10,14,16,19-22,24,26,43-44H,6-7,9,11-13,15,17-18,23,25,27-42H2,1-5H3/p+1/b10-8-,16-14-,21-19-,22-20-,26-24-. The van der Waals surface area contributed by atoms with Crippen molar-refractivity contribution in [2.45, 2.75) is 180 Å². The van der Waals surface area contributed by atoms with Crippen LogP contribution < -0.4 is 0 Å². The second-order valence-electron chi connectivity index (χ2n) is 15.6. The van der Waals surface area contributed by atoms with Crippen LogP contribution in [0.3, 0.4) is 0 Å². The van der Waals surface area contributed by atoms with E-state index >= 15 is 0 Å². The molecular weight excluding hydrogens is 691 g/mol. The number of likely N-dealkylation sites (N-methyl/N-ethyl adjacent to an activating group) is 1. The fourth-order valence-electron chi connectivity index (χ4n) is 6.02. The molecule has 0 aromatic carbocycles. The maximum absolute atomic E-state index is 12.7. The number of rotatable bonds is 38. The van der Waals surface area contributed by atoms with Crippen LogP contribution in [0.1, 0.15) is 168 Å². The van der Waals surface area contributed by atoms with Gasteiger partial charge in [-0.15, -0.1) is 0 Å². The number of carbonyl (C=O) groups is 3. The Kier molecular flexibility index (Phi) is 35.9. The Balaban J connectivity index is 4.42. The third kappa shape index (κ3) is 36.4. The van der Waals surface area contributed by atoms with Crippen LogP contribution >= 0.6 is 0 Å². The van der Waals surface area contributed by atoms with Gasteiger partial charge in [-0.2, -0.15) is 0 Å². The zero-order valence-corrected chi connectivity index (χ0v) is 35.9. The smallest absolute Gasteiger partial charge is 0.362 e. The summed E-state index contributed by atoms with van der Waals surface area (Å²) in [6, 6.07) is -0.622. The van der Waals surface area contributed by atoms with E-state index in [4.69, 9.17) is 14.2 Å². The molecule has 1 N–H and O–H groups in total. The molecule has 316 valence electrons. The average Bonchev–Trinajstić information content (AvgIpc) is 3.14. The Hall–Kier alpha value is -2.97. The lowest BCUT2D eigenvalue weighted by atomic mass is 10.1. The molecule has 55 heavy (non-hydrogen) atoms. The number of carbonyl (C=O) groups excluding carboxylic acids is 2. The zero-order chi connectivity index (χ0) is 40.7. The Labute approximate surface area is 337 Å². The van der Waals surface area contributed by atoms with Crippen molar-refractivity contribution >= 4 is 17.9 Å². The molecule has 0 rings (SSSR count). The third-order valence-electron chi connectivity index (χ3n) is 9.40. The molecular formula is C47H82NO7+. The van der Waals surface area contributed by atoms with Gasteiger partial charge in [-0.25, -0.2) is 4.79 Å². The van der Waals surface area contributed by atoms with Crippen molar-refractivity contribution in [2.24, 2.45) is 0 Å². The second-order valence-corrected chi connectivity index (χ2v) is 15.6. The topological polar surface area (TPSA) is 99.1 Å². The molecule has 2 atom stereocenters. The first-order valence-corrected chi connectivity index (χ1v) is 21.8. The lowest BCUT2D eigenvalue weighted by molar-refractivity contribution is -0.887. The first-order valence-electron chi connectivity index (χ1n) is 21.8. The molecule has 0 heterocycles. The van der Waals surface area contributed by atoms with E-state index in [0.29, 0.717) is 19.3 Å². The van der Waals surface area contributed by atoms with Gasteiger partial charge in [0.25, 0.3) is 0 Å². The fraction of sp³-hybridized carbons (Fsp3) is 0.723. The van der Waals surface area contributed by atoms with Crippen LogP contribution in [0.2, 0.25) is 0 Å². The van der Waals surface area contributed by atoms with E-state index in [1.807, 2.05) is 21.1 Å². The van der Waals surface area contributed by atoms with E-state index in [0.717, 1.165) is 89.9 Å². The van der Waals surface area contributed by atoms with Gasteiger partial charge in [0, 0.05) is 19.3 Å². The van der Waals surface area contributed by atoms with Crippen LogP contribution in [0.5, 0.6) is 0 Å². The summed E-state index contributed by atoms with van der Waals surface area (Å²) in [6.07, 6.45) is 45.4. The molecule has 2 unspecified atom stereocenters. The predicted octanol–water partition coefficient (Wildman–Crippen LogP) is 11.8. The first-order chi connectivity index (χ1) is 26.6. The van der Waals surface area contributed by atoms with Crippen molar-refractivity contribution in [1.82, 2.24) is 0 Å². The fourth-order valence-corrected chi connectivity index (χ4v) is 6.02. The van der Waals surface area contributed by atoms with Crippen LogP contribution in [-0.4, -0.2) is 80.6 Å². The maximum Gasteiger partial charge on any atom is 0.362 e. The monoisotopic (exact) mass is 773 g/mol. The average molecular weight is 773 g/mol. The van der Waals surface area contributed by atoms with Gasteiger partial charge in [-0.1, -0.05) is 132 Å². The molecule has 0 aliphatic heterocycles. The minimum atomic E-state index is -0.883. The van der Waals surface area contributed by atoms with Gasteiger partial charge in [-0.3, -0.25) is 9.59 Å². The summed E-state index contributed by atoms with van der Waals surface area (Å²) in [5.41, 5.74) is 0. The molecule has 0 aliphatic rings. The van der Waals surface area contributed by atoms with Crippen molar-refractivity contribution in [1.29, 1.82) is 0 Å². The Morgan fingerprint density at radius 3 is 1.53 bits per heavy atom. The highest BCUT2D eigenvalue weighted by Crippen LogP contribution is 2.13. The summed E-state index contributed by atoms with van der Waals surface area (Å²) < 4.78 is 17.2. The highest BCUT2D eigenvalue weighted by molar-refractivity contribution is 5.72. The van der Waals surface area contributed by atoms with E-state index < -0.39 is 18.1 Å². The van der Waals surface area contributed by atoms with Crippen LogP contribution in [0.15, 0.2) is 60.8 Å².